The highest BCUT2D eigenvalue weighted by atomic mass is 79.9. The Kier molecular flexibility index (Phi) is 2.74. The molecule has 3 nitrogen and oxygen atoms in total. The van der Waals surface area contributed by atoms with E-state index in [4.69, 9.17) is 5.14 Å². The lowest BCUT2D eigenvalue weighted by atomic mass is 10.2. The van der Waals surface area contributed by atoms with Gasteiger partial charge >= 0.3 is 0 Å². The first-order valence-electron chi connectivity index (χ1n) is 3.31. The van der Waals surface area contributed by atoms with E-state index in [-0.39, 0.29) is 4.47 Å². The monoisotopic (exact) mass is 267 g/mol. The van der Waals surface area contributed by atoms with E-state index in [0.29, 0.717) is 5.56 Å². The average Bonchev–Trinajstić information content (AvgIpc) is 1.95. The number of benzene rings is 1. The summed E-state index contributed by atoms with van der Waals surface area (Å²) in [4.78, 5) is -0.493. The molecule has 1 rings (SSSR count). The number of hydrogen-bond acceptors (Lipinski definition) is 2. The fourth-order valence-corrected chi connectivity index (χ4v) is 2.64. The minimum absolute atomic E-state index is 0.176. The summed E-state index contributed by atoms with van der Waals surface area (Å²) in [6.07, 6.45) is 0. The molecular weight excluding hydrogens is 261 g/mol. The van der Waals surface area contributed by atoms with E-state index >= 15 is 0 Å². The van der Waals surface area contributed by atoms with Crippen molar-refractivity contribution >= 4 is 26.0 Å². The second-order valence-electron chi connectivity index (χ2n) is 2.55. The Balaban J connectivity index is 3.62. The van der Waals surface area contributed by atoms with Gasteiger partial charge in [0, 0.05) is 4.47 Å². The first-order valence-corrected chi connectivity index (χ1v) is 5.65. The Morgan fingerprint density at radius 2 is 2.00 bits per heavy atom. The van der Waals surface area contributed by atoms with E-state index < -0.39 is 20.7 Å². The lowest BCUT2D eigenvalue weighted by Crippen LogP contribution is -2.15. The minimum Gasteiger partial charge on any atom is -0.224 e. The zero-order valence-electron chi connectivity index (χ0n) is 6.71. The zero-order valence-corrected chi connectivity index (χ0v) is 9.12. The van der Waals surface area contributed by atoms with E-state index in [9.17, 15) is 12.8 Å². The van der Waals surface area contributed by atoms with Gasteiger partial charge in [-0.3, -0.25) is 0 Å². The minimum atomic E-state index is -4.01. The Hall–Kier alpha value is -0.460. The lowest BCUT2D eigenvalue weighted by Gasteiger charge is -2.05. The fourth-order valence-electron chi connectivity index (χ4n) is 0.892. The van der Waals surface area contributed by atoms with E-state index in [1.807, 2.05) is 0 Å². The van der Waals surface area contributed by atoms with Crippen LogP contribution in [-0.4, -0.2) is 8.42 Å². The second-order valence-corrected chi connectivity index (χ2v) is 4.84. The maximum absolute atomic E-state index is 13.0. The lowest BCUT2D eigenvalue weighted by molar-refractivity contribution is 0.565. The van der Waals surface area contributed by atoms with Crippen LogP contribution in [0.2, 0.25) is 0 Å². The normalized spacial score (nSPS) is 11.7. The standard InChI is InChI=1S/C7H7BrFNO2S/c1-4-2-3-5(9)7(6(4)8)13(10,11)12/h2-3H,1H3,(H2,10,11,12). The molecule has 0 saturated carbocycles. The van der Waals surface area contributed by atoms with Crippen LogP contribution in [0, 0.1) is 12.7 Å². The molecule has 0 aliphatic rings. The van der Waals surface area contributed by atoms with Crippen molar-refractivity contribution < 1.29 is 12.8 Å². The summed E-state index contributed by atoms with van der Waals surface area (Å²) in [5.41, 5.74) is 0.616. The summed E-state index contributed by atoms with van der Waals surface area (Å²) in [5, 5.41) is 4.83. The van der Waals surface area contributed by atoms with Crippen molar-refractivity contribution in [2.75, 3.05) is 0 Å². The summed E-state index contributed by atoms with van der Waals surface area (Å²) in [6.45, 7) is 1.65. The SMILES string of the molecule is Cc1ccc(F)c(S(N)(=O)=O)c1Br. The van der Waals surface area contributed by atoms with Crippen molar-refractivity contribution in [1.29, 1.82) is 0 Å². The average molecular weight is 268 g/mol. The summed E-state index contributed by atoms with van der Waals surface area (Å²) in [6, 6.07) is 2.54. The van der Waals surface area contributed by atoms with Gasteiger partial charge in [0.2, 0.25) is 10.0 Å². The Morgan fingerprint density at radius 3 is 2.38 bits per heavy atom. The molecule has 0 aliphatic heterocycles. The predicted octanol–water partition coefficient (Wildman–Crippen LogP) is 1.54. The van der Waals surface area contributed by atoms with Gasteiger partial charge < -0.3 is 0 Å². The topological polar surface area (TPSA) is 60.2 Å². The molecule has 0 saturated heterocycles. The highest BCUT2D eigenvalue weighted by Crippen LogP contribution is 2.26. The molecule has 0 heterocycles. The number of primary sulfonamides is 1. The van der Waals surface area contributed by atoms with E-state index in [1.165, 1.54) is 6.07 Å². The van der Waals surface area contributed by atoms with Crippen molar-refractivity contribution in [3.63, 3.8) is 0 Å². The first kappa shape index (κ1) is 10.6. The fraction of sp³-hybridized carbons (Fsp3) is 0.143. The molecule has 1 aromatic rings. The molecule has 0 radical (unpaired) electrons. The molecule has 0 atom stereocenters. The highest BCUT2D eigenvalue weighted by Gasteiger charge is 2.19. The van der Waals surface area contributed by atoms with Crippen LogP contribution in [-0.2, 0) is 10.0 Å². The van der Waals surface area contributed by atoms with Crippen molar-refractivity contribution in [3.8, 4) is 0 Å². The van der Waals surface area contributed by atoms with Crippen LogP contribution in [0.3, 0.4) is 0 Å². The number of rotatable bonds is 1. The van der Waals surface area contributed by atoms with Gasteiger partial charge in [-0.1, -0.05) is 6.07 Å². The molecule has 0 spiro atoms. The third-order valence-corrected chi connectivity index (χ3v) is 3.78. The third kappa shape index (κ3) is 2.07. The molecule has 2 N–H and O–H groups in total. The third-order valence-electron chi connectivity index (χ3n) is 1.53. The molecule has 13 heavy (non-hydrogen) atoms. The van der Waals surface area contributed by atoms with E-state index in [0.717, 1.165) is 6.07 Å². The van der Waals surface area contributed by atoms with Gasteiger partial charge in [-0.25, -0.2) is 17.9 Å². The van der Waals surface area contributed by atoms with Gasteiger partial charge in [0.25, 0.3) is 0 Å². The van der Waals surface area contributed by atoms with Crippen LogP contribution in [0.4, 0.5) is 4.39 Å². The molecule has 72 valence electrons. The molecule has 0 unspecified atom stereocenters. The molecule has 0 aliphatic carbocycles. The smallest absolute Gasteiger partial charge is 0.224 e. The molecule has 0 aromatic heterocycles. The highest BCUT2D eigenvalue weighted by molar-refractivity contribution is 9.10. The number of hydrogen-bond donors (Lipinski definition) is 1. The maximum atomic E-state index is 13.0. The van der Waals surface area contributed by atoms with Crippen LogP contribution < -0.4 is 5.14 Å². The van der Waals surface area contributed by atoms with Crippen molar-refractivity contribution in [2.24, 2.45) is 5.14 Å². The van der Waals surface area contributed by atoms with Crippen molar-refractivity contribution in [3.05, 3.63) is 28.0 Å². The van der Waals surface area contributed by atoms with Crippen LogP contribution >= 0.6 is 15.9 Å². The first-order chi connectivity index (χ1) is 5.84. The Labute approximate surface area is 83.9 Å². The molecule has 1 aromatic carbocycles. The zero-order chi connectivity index (χ0) is 10.2. The molecule has 0 fully saturated rings. The van der Waals surface area contributed by atoms with Gasteiger partial charge in [-0.05, 0) is 34.5 Å². The molecular formula is C7H7BrFNO2S. The van der Waals surface area contributed by atoms with E-state index in [2.05, 4.69) is 15.9 Å². The van der Waals surface area contributed by atoms with Crippen LogP contribution in [0.1, 0.15) is 5.56 Å². The molecule has 0 amide bonds. The number of sulfonamides is 1. The summed E-state index contributed by atoms with van der Waals surface area (Å²) >= 11 is 2.97. The van der Waals surface area contributed by atoms with E-state index in [1.54, 1.807) is 6.92 Å². The van der Waals surface area contributed by atoms with Gasteiger partial charge in [0.05, 0.1) is 0 Å². The molecule has 6 heteroatoms. The van der Waals surface area contributed by atoms with Crippen molar-refractivity contribution in [1.82, 2.24) is 0 Å². The maximum Gasteiger partial charge on any atom is 0.242 e. The van der Waals surface area contributed by atoms with Gasteiger partial charge in [-0.2, -0.15) is 0 Å². The van der Waals surface area contributed by atoms with Gasteiger partial charge in [-0.15, -0.1) is 0 Å². The molecule has 0 bridgehead atoms. The van der Waals surface area contributed by atoms with Crippen LogP contribution in [0.5, 0.6) is 0 Å². The summed E-state index contributed by atoms with van der Waals surface area (Å²) in [7, 11) is -4.01. The number of nitrogens with two attached hydrogens (primary N) is 1. The predicted molar refractivity (Wildman–Crippen MR) is 50.2 cm³/mol. The quantitative estimate of drug-likeness (QED) is 0.839. The second kappa shape index (κ2) is 3.36. The van der Waals surface area contributed by atoms with Gasteiger partial charge in [0.1, 0.15) is 10.7 Å². The number of halogens is 2. The summed E-state index contributed by atoms with van der Waals surface area (Å²) < 4.78 is 35.1. The van der Waals surface area contributed by atoms with Gasteiger partial charge in [0.15, 0.2) is 0 Å². The van der Waals surface area contributed by atoms with Crippen LogP contribution in [0.25, 0.3) is 0 Å². The largest absolute Gasteiger partial charge is 0.242 e. The summed E-state index contributed by atoms with van der Waals surface area (Å²) in [5.74, 6) is -0.847. The van der Waals surface area contributed by atoms with Crippen LogP contribution in [0.15, 0.2) is 21.5 Å². The number of aryl methyl sites for hydroxylation is 1. The Bertz CT molecular complexity index is 444. The Morgan fingerprint density at radius 1 is 1.46 bits per heavy atom. The van der Waals surface area contributed by atoms with Crippen molar-refractivity contribution in [2.45, 2.75) is 11.8 Å².